The first-order chi connectivity index (χ1) is 14.1. The van der Waals surface area contributed by atoms with E-state index in [1.54, 1.807) is 6.07 Å². The molecule has 2 aromatic heterocycles. The third-order valence-electron chi connectivity index (χ3n) is 4.18. The average molecular weight is 471 g/mol. The Labute approximate surface area is 177 Å². The zero-order valence-corrected chi connectivity index (χ0v) is 17.1. The Morgan fingerprint density at radius 1 is 1.03 bits per heavy atom. The number of sulfonamides is 1. The predicted molar refractivity (Wildman–Crippen MR) is 108 cm³/mol. The summed E-state index contributed by atoms with van der Waals surface area (Å²) in [6.07, 6.45) is -1.89. The fraction of sp³-hybridized carbons (Fsp3) is 0.0556. The van der Waals surface area contributed by atoms with Crippen LogP contribution in [0.4, 0.5) is 18.3 Å². The van der Waals surface area contributed by atoms with Gasteiger partial charge in [0.25, 0.3) is 10.0 Å². The topological polar surface area (TPSA) is 84.8 Å². The molecule has 6 nitrogen and oxygen atoms in total. The van der Waals surface area contributed by atoms with Gasteiger partial charge in [-0.15, -0.1) is 0 Å². The van der Waals surface area contributed by atoms with Crippen molar-refractivity contribution < 1.29 is 21.6 Å². The summed E-state index contributed by atoms with van der Waals surface area (Å²) in [6, 6.07) is 9.32. The number of pyridine rings is 1. The Balaban J connectivity index is 1.76. The van der Waals surface area contributed by atoms with Gasteiger partial charge >= 0.3 is 6.18 Å². The normalized spacial score (nSPS) is 12.3. The van der Waals surface area contributed by atoms with Crippen LogP contribution in [0.15, 0.2) is 59.9 Å². The number of fused-ring (bicyclic) bond motifs is 1. The molecule has 0 radical (unpaired) electrons. The third-order valence-corrected chi connectivity index (χ3v) is 6.54. The largest absolute Gasteiger partial charge is 0.417 e. The molecule has 2 aromatic carbocycles. The van der Waals surface area contributed by atoms with Gasteiger partial charge in [0.2, 0.25) is 5.13 Å². The molecule has 0 aliphatic rings. The van der Waals surface area contributed by atoms with Crippen molar-refractivity contribution in [1.82, 2.24) is 14.3 Å². The second kappa shape index (κ2) is 7.49. The molecule has 1 N–H and O–H groups in total. The van der Waals surface area contributed by atoms with Gasteiger partial charge < -0.3 is 0 Å². The van der Waals surface area contributed by atoms with Crippen molar-refractivity contribution in [1.29, 1.82) is 0 Å². The number of benzene rings is 2. The Hall–Kier alpha value is -2.76. The monoisotopic (exact) mass is 470 g/mol. The molecule has 0 saturated carbocycles. The van der Waals surface area contributed by atoms with E-state index in [4.69, 9.17) is 11.6 Å². The van der Waals surface area contributed by atoms with Gasteiger partial charge in [0.15, 0.2) is 0 Å². The molecule has 4 rings (SSSR count). The van der Waals surface area contributed by atoms with Gasteiger partial charge in [-0.25, -0.2) is 13.4 Å². The molecule has 0 bridgehead atoms. The van der Waals surface area contributed by atoms with Gasteiger partial charge in [-0.2, -0.15) is 17.5 Å². The van der Waals surface area contributed by atoms with Crippen molar-refractivity contribution in [3.63, 3.8) is 0 Å². The summed E-state index contributed by atoms with van der Waals surface area (Å²) in [5, 5.41) is 0.781. The summed E-state index contributed by atoms with van der Waals surface area (Å²) in [5.41, 5.74) is -0.186. The maximum absolute atomic E-state index is 13.0. The molecule has 0 saturated heterocycles. The molecule has 30 heavy (non-hydrogen) atoms. The van der Waals surface area contributed by atoms with Gasteiger partial charge in [-0.05, 0) is 35.7 Å². The van der Waals surface area contributed by atoms with Gasteiger partial charge in [-0.1, -0.05) is 23.7 Å². The highest BCUT2D eigenvalue weighted by molar-refractivity contribution is 7.93. The molecule has 12 heteroatoms. The summed E-state index contributed by atoms with van der Waals surface area (Å²) in [4.78, 5) is 8.02. The minimum atomic E-state index is -4.56. The second-order valence-electron chi connectivity index (χ2n) is 6.09. The van der Waals surface area contributed by atoms with Crippen LogP contribution < -0.4 is 4.72 Å². The SMILES string of the molecule is O=S(=O)(Nc1ncns1)c1ccc2c(-c3ccc(C(F)(F)F)c(Cl)c3)nccc2c1. The van der Waals surface area contributed by atoms with Crippen LogP contribution in [0.5, 0.6) is 0 Å². The van der Waals surface area contributed by atoms with Crippen LogP contribution in [0.3, 0.4) is 0 Å². The van der Waals surface area contributed by atoms with E-state index in [0.29, 0.717) is 22.0 Å². The summed E-state index contributed by atoms with van der Waals surface area (Å²) >= 11 is 6.72. The molecule has 4 aromatic rings. The van der Waals surface area contributed by atoms with Crippen LogP contribution in [0.2, 0.25) is 5.02 Å². The van der Waals surface area contributed by atoms with Crippen LogP contribution in [0, 0.1) is 0 Å². The first-order valence-corrected chi connectivity index (χ1v) is 10.8. The van der Waals surface area contributed by atoms with Gasteiger partial charge in [-0.3, -0.25) is 9.71 Å². The average Bonchev–Trinajstić information content (AvgIpc) is 3.18. The lowest BCUT2D eigenvalue weighted by Gasteiger charge is -2.12. The van der Waals surface area contributed by atoms with Crippen molar-refractivity contribution in [2.75, 3.05) is 4.72 Å². The Kier molecular flexibility index (Phi) is 5.12. The van der Waals surface area contributed by atoms with Gasteiger partial charge in [0, 0.05) is 28.7 Å². The fourth-order valence-electron chi connectivity index (χ4n) is 2.84. The van der Waals surface area contributed by atoms with E-state index in [1.807, 2.05) is 0 Å². The van der Waals surface area contributed by atoms with Crippen LogP contribution in [0.1, 0.15) is 5.56 Å². The molecule has 0 atom stereocenters. The molecule has 0 unspecified atom stereocenters. The summed E-state index contributed by atoms with van der Waals surface area (Å²) in [7, 11) is -3.89. The molecular weight excluding hydrogens is 461 g/mol. The molecule has 0 spiro atoms. The van der Waals surface area contributed by atoms with E-state index in [-0.39, 0.29) is 10.0 Å². The van der Waals surface area contributed by atoms with E-state index >= 15 is 0 Å². The molecule has 154 valence electrons. The van der Waals surface area contributed by atoms with E-state index in [2.05, 4.69) is 19.1 Å². The van der Waals surface area contributed by atoms with Crippen LogP contribution in [0.25, 0.3) is 22.0 Å². The minimum Gasteiger partial charge on any atom is -0.256 e. The highest BCUT2D eigenvalue weighted by Crippen LogP contribution is 2.37. The zero-order chi connectivity index (χ0) is 21.5. The molecular formula is C18H10ClF3N4O2S2. The van der Waals surface area contributed by atoms with Crippen molar-refractivity contribution in [3.05, 3.63) is 65.6 Å². The maximum Gasteiger partial charge on any atom is 0.417 e. The highest BCUT2D eigenvalue weighted by Gasteiger charge is 2.33. The number of hydrogen-bond donors (Lipinski definition) is 1. The summed E-state index contributed by atoms with van der Waals surface area (Å²) < 4.78 is 70.1. The smallest absolute Gasteiger partial charge is 0.256 e. The number of rotatable bonds is 4. The number of nitrogens with one attached hydrogen (secondary N) is 1. The first kappa shape index (κ1) is 20.5. The van der Waals surface area contributed by atoms with Crippen molar-refractivity contribution in [3.8, 4) is 11.3 Å². The second-order valence-corrected chi connectivity index (χ2v) is 8.96. The zero-order valence-electron chi connectivity index (χ0n) is 14.7. The first-order valence-electron chi connectivity index (χ1n) is 8.20. The van der Waals surface area contributed by atoms with Crippen molar-refractivity contribution in [2.24, 2.45) is 0 Å². The number of aromatic nitrogens is 3. The highest BCUT2D eigenvalue weighted by atomic mass is 35.5. The minimum absolute atomic E-state index is 0.00667. The number of nitrogens with zero attached hydrogens (tertiary/aromatic N) is 3. The lowest BCUT2D eigenvalue weighted by Crippen LogP contribution is -2.12. The molecule has 0 aliphatic heterocycles. The number of alkyl halides is 3. The molecule has 0 fully saturated rings. The van der Waals surface area contributed by atoms with E-state index < -0.39 is 26.8 Å². The van der Waals surface area contributed by atoms with E-state index in [0.717, 1.165) is 17.6 Å². The van der Waals surface area contributed by atoms with E-state index in [1.165, 1.54) is 42.9 Å². The maximum atomic E-state index is 13.0. The molecule has 0 aliphatic carbocycles. The number of halogens is 4. The quantitative estimate of drug-likeness (QED) is 0.441. The Bertz CT molecular complexity index is 1340. The summed E-state index contributed by atoms with van der Waals surface area (Å²) in [6.45, 7) is 0. The molecule has 2 heterocycles. The van der Waals surface area contributed by atoms with Gasteiger partial charge in [0.1, 0.15) is 6.33 Å². The number of anilines is 1. The van der Waals surface area contributed by atoms with Crippen molar-refractivity contribution >= 4 is 49.1 Å². The number of hydrogen-bond acceptors (Lipinski definition) is 6. The lowest BCUT2D eigenvalue weighted by molar-refractivity contribution is -0.137. The standard InChI is InChI=1S/C18H10ClF3N4O2S2/c19-15-8-11(1-4-14(15)18(20,21)22)16-13-3-2-12(7-10(13)5-6-23-16)30(27,28)26-17-24-9-25-29-17/h1-9H,(H,24,25,26). The predicted octanol–water partition coefficient (Wildman–Crippen LogP) is 5.23. The lowest BCUT2D eigenvalue weighted by atomic mass is 10.0. The summed E-state index contributed by atoms with van der Waals surface area (Å²) in [5.74, 6) is 0. The van der Waals surface area contributed by atoms with Crippen molar-refractivity contribution in [2.45, 2.75) is 11.1 Å². The van der Waals surface area contributed by atoms with Crippen LogP contribution in [-0.4, -0.2) is 22.8 Å². The van der Waals surface area contributed by atoms with E-state index in [9.17, 15) is 21.6 Å². The Morgan fingerprint density at radius 2 is 1.83 bits per heavy atom. The van der Waals surface area contributed by atoms with Crippen LogP contribution >= 0.6 is 23.1 Å². The third kappa shape index (κ3) is 3.95. The van der Waals surface area contributed by atoms with Crippen LogP contribution in [-0.2, 0) is 16.2 Å². The fourth-order valence-corrected chi connectivity index (χ4v) is 4.82. The molecule has 0 amide bonds. The Morgan fingerprint density at radius 3 is 2.50 bits per heavy atom. The van der Waals surface area contributed by atoms with Gasteiger partial charge in [0.05, 0.1) is 21.2 Å².